The Balaban J connectivity index is 2.64. The average molecular weight is 524 g/mol. The topological polar surface area (TPSA) is 0 Å². The second kappa shape index (κ2) is 9.76. The van der Waals surface area contributed by atoms with Crippen LogP contribution in [0.4, 0.5) is 0 Å². The third-order valence-electron chi connectivity index (χ3n) is 5.27. The van der Waals surface area contributed by atoms with E-state index < -0.39 is 16.1 Å². The van der Waals surface area contributed by atoms with E-state index in [1.165, 1.54) is 27.8 Å². The average Bonchev–Trinajstić information content (AvgIpc) is 2.60. The van der Waals surface area contributed by atoms with Crippen molar-refractivity contribution in [2.24, 2.45) is 0 Å². The summed E-state index contributed by atoms with van der Waals surface area (Å²) in [6.07, 6.45) is 0.875. The highest BCUT2D eigenvalue weighted by molar-refractivity contribution is 9.10. The normalized spacial score (nSPS) is 12.0. The fraction of sp³-hybridized carbons (Fsp3) is 0.448. The van der Waals surface area contributed by atoms with Gasteiger partial charge in [-0.25, -0.2) is 0 Å². The quantitative estimate of drug-likeness (QED) is 0.274. The fourth-order valence-corrected chi connectivity index (χ4v) is 5.03. The molecule has 0 saturated carbocycles. The maximum absolute atomic E-state index is 3.88. The van der Waals surface area contributed by atoms with Crippen molar-refractivity contribution in [1.82, 2.24) is 0 Å². The number of hydrogen-bond acceptors (Lipinski definition) is 0. The molecule has 32 heavy (non-hydrogen) atoms. The zero-order chi connectivity index (χ0) is 24.5. The Morgan fingerprint density at radius 1 is 0.750 bits per heavy atom. The van der Waals surface area contributed by atoms with Gasteiger partial charge in [-0.05, 0) is 59.2 Å². The van der Waals surface area contributed by atoms with Crippen molar-refractivity contribution in [2.45, 2.75) is 85.7 Å². The van der Waals surface area contributed by atoms with Gasteiger partial charge in [-0.2, -0.15) is 0 Å². The molecule has 0 saturated heterocycles. The molecule has 0 nitrogen and oxygen atoms in total. The summed E-state index contributed by atoms with van der Waals surface area (Å²) in [5.74, 6) is 6.98. The first-order valence-electron chi connectivity index (χ1n) is 11.5. The van der Waals surface area contributed by atoms with Gasteiger partial charge in [0.25, 0.3) is 0 Å². The molecule has 0 fully saturated rings. The molecule has 3 heteroatoms. The van der Waals surface area contributed by atoms with Crippen LogP contribution in [0.5, 0.6) is 0 Å². The van der Waals surface area contributed by atoms with Crippen molar-refractivity contribution in [1.29, 1.82) is 0 Å². The molecule has 0 aromatic heterocycles. The van der Waals surface area contributed by atoms with Gasteiger partial charge in [-0.15, -0.1) is 11.1 Å². The Labute approximate surface area is 207 Å². The SMILES string of the molecule is Cc1cc(C(C)(C)C)cc(C)c1Cc1c(Br)cc(C#C[Si](C)(C)C)cc1C#C[Si](C)(C)C. The van der Waals surface area contributed by atoms with E-state index in [4.69, 9.17) is 0 Å². The lowest BCUT2D eigenvalue weighted by Crippen LogP contribution is -2.16. The lowest BCUT2D eigenvalue weighted by Gasteiger charge is -2.23. The molecule has 0 unspecified atom stereocenters. The molecule has 2 aromatic rings. The Hall–Kier alpha value is -1.53. The van der Waals surface area contributed by atoms with Crippen molar-refractivity contribution in [2.75, 3.05) is 0 Å². The van der Waals surface area contributed by atoms with Gasteiger partial charge >= 0.3 is 0 Å². The zero-order valence-electron chi connectivity index (χ0n) is 21.9. The molecule has 0 aliphatic rings. The van der Waals surface area contributed by atoms with Crippen LogP contribution in [0.3, 0.4) is 0 Å². The van der Waals surface area contributed by atoms with Gasteiger partial charge in [0.15, 0.2) is 0 Å². The number of halogens is 1. The van der Waals surface area contributed by atoms with Gasteiger partial charge in [-0.1, -0.05) is 100.0 Å². The first-order valence-corrected chi connectivity index (χ1v) is 19.2. The summed E-state index contributed by atoms with van der Waals surface area (Å²) in [6.45, 7) is 25.0. The molecule has 0 spiro atoms. The Morgan fingerprint density at radius 3 is 1.72 bits per heavy atom. The molecular formula is C29H39BrSi2. The molecule has 0 aliphatic heterocycles. The molecule has 0 heterocycles. The maximum Gasteiger partial charge on any atom is 0.129 e. The standard InChI is InChI=1S/C29H39BrSi2/c1-21-16-25(29(3,4)5)17-22(2)26(21)20-27-24(13-15-32(9,10)11)18-23(19-28(27)30)12-14-31(6,7)8/h16-19H,20H2,1-11H3. The predicted molar refractivity (Wildman–Crippen MR) is 152 cm³/mol. The van der Waals surface area contributed by atoms with Crippen molar-refractivity contribution in [3.05, 3.63) is 67.7 Å². The molecule has 0 atom stereocenters. The maximum atomic E-state index is 3.88. The van der Waals surface area contributed by atoms with Crippen LogP contribution in [0.25, 0.3) is 0 Å². The second-order valence-corrected chi connectivity index (χ2v) is 22.4. The first kappa shape index (κ1) is 26.7. The minimum absolute atomic E-state index is 0.152. The summed E-state index contributed by atoms with van der Waals surface area (Å²) < 4.78 is 1.11. The van der Waals surface area contributed by atoms with E-state index in [-0.39, 0.29) is 5.41 Å². The lowest BCUT2D eigenvalue weighted by atomic mass is 9.82. The van der Waals surface area contributed by atoms with Crippen LogP contribution in [0, 0.1) is 36.8 Å². The van der Waals surface area contributed by atoms with Crippen molar-refractivity contribution in [3.8, 4) is 22.9 Å². The van der Waals surface area contributed by atoms with Crippen LogP contribution in [0.2, 0.25) is 39.3 Å². The molecular weight excluding hydrogens is 484 g/mol. The Morgan fingerprint density at radius 2 is 1.25 bits per heavy atom. The van der Waals surface area contributed by atoms with Gasteiger partial charge in [0, 0.05) is 22.0 Å². The van der Waals surface area contributed by atoms with Gasteiger partial charge in [0.05, 0.1) is 0 Å². The van der Waals surface area contributed by atoms with E-state index in [9.17, 15) is 0 Å². The van der Waals surface area contributed by atoms with Gasteiger partial charge in [-0.3, -0.25) is 0 Å². The molecule has 0 radical (unpaired) electrons. The van der Waals surface area contributed by atoms with E-state index in [2.05, 4.69) is 137 Å². The van der Waals surface area contributed by atoms with E-state index in [1.807, 2.05) is 0 Å². The monoisotopic (exact) mass is 522 g/mol. The van der Waals surface area contributed by atoms with E-state index in [0.717, 1.165) is 22.0 Å². The van der Waals surface area contributed by atoms with Gasteiger partial charge < -0.3 is 0 Å². The summed E-state index contributed by atoms with van der Waals surface area (Å²) in [4.78, 5) is 0. The number of benzene rings is 2. The first-order chi connectivity index (χ1) is 14.5. The molecule has 0 aliphatic carbocycles. The van der Waals surface area contributed by atoms with E-state index >= 15 is 0 Å². The highest BCUT2D eigenvalue weighted by Crippen LogP contribution is 2.31. The van der Waals surface area contributed by atoms with Crippen LogP contribution in [0.1, 0.15) is 59.7 Å². The highest BCUT2D eigenvalue weighted by atomic mass is 79.9. The molecule has 0 amide bonds. The number of rotatable bonds is 2. The van der Waals surface area contributed by atoms with Crippen LogP contribution in [0.15, 0.2) is 28.7 Å². The Bertz CT molecular complexity index is 1110. The van der Waals surface area contributed by atoms with E-state index in [0.29, 0.717) is 0 Å². The van der Waals surface area contributed by atoms with Gasteiger partial charge in [0.2, 0.25) is 0 Å². The van der Waals surface area contributed by atoms with Crippen LogP contribution in [-0.4, -0.2) is 16.1 Å². The fourth-order valence-electron chi connectivity index (χ4n) is 3.40. The second-order valence-electron chi connectivity index (χ2n) is 12.0. The molecule has 2 aromatic carbocycles. The minimum Gasteiger partial charge on any atom is -0.127 e. The summed E-state index contributed by atoms with van der Waals surface area (Å²) in [7, 11) is -2.93. The van der Waals surface area contributed by atoms with Crippen molar-refractivity contribution < 1.29 is 0 Å². The van der Waals surface area contributed by atoms with Crippen molar-refractivity contribution in [3.63, 3.8) is 0 Å². The highest BCUT2D eigenvalue weighted by Gasteiger charge is 2.18. The number of aryl methyl sites for hydroxylation is 2. The smallest absolute Gasteiger partial charge is 0.127 e. The van der Waals surface area contributed by atoms with Crippen LogP contribution in [-0.2, 0) is 11.8 Å². The molecule has 2 rings (SSSR count). The minimum atomic E-state index is -1.49. The summed E-state index contributed by atoms with van der Waals surface area (Å²) >= 11 is 3.88. The third kappa shape index (κ3) is 7.81. The van der Waals surface area contributed by atoms with Crippen molar-refractivity contribution >= 4 is 32.1 Å². The largest absolute Gasteiger partial charge is 0.129 e. The molecule has 170 valence electrons. The lowest BCUT2D eigenvalue weighted by molar-refractivity contribution is 0.589. The molecule has 0 N–H and O–H groups in total. The molecule has 0 bridgehead atoms. The summed E-state index contributed by atoms with van der Waals surface area (Å²) in [5, 5.41) is 0. The zero-order valence-corrected chi connectivity index (χ0v) is 25.5. The third-order valence-corrected chi connectivity index (χ3v) is 7.72. The van der Waals surface area contributed by atoms with E-state index in [1.54, 1.807) is 0 Å². The van der Waals surface area contributed by atoms with Crippen LogP contribution < -0.4 is 0 Å². The predicted octanol–water partition coefficient (Wildman–Crippen LogP) is 8.41. The summed E-state index contributed by atoms with van der Waals surface area (Å²) in [6, 6.07) is 9.10. The number of hydrogen-bond donors (Lipinski definition) is 0. The Kier molecular flexibility index (Phi) is 8.15. The summed E-state index contributed by atoms with van der Waals surface area (Å²) in [5.41, 5.74) is 16.2. The van der Waals surface area contributed by atoms with Crippen LogP contribution >= 0.6 is 15.9 Å². The van der Waals surface area contributed by atoms with Gasteiger partial charge in [0.1, 0.15) is 16.1 Å².